The molecule has 2 unspecified atom stereocenters. The third kappa shape index (κ3) is 3.77. The van der Waals surface area contributed by atoms with Crippen molar-refractivity contribution in [1.82, 2.24) is 10.6 Å². The lowest BCUT2D eigenvalue weighted by Gasteiger charge is -2.64. The molecule has 9 heteroatoms. The maximum absolute atomic E-state index is 12.8. The van der Waals surface area contributed by atoms with E-state index in [4.69, 9.17) is 19.2 Å². The fourth-order valence-electron chi connectivity index (χ4n) is 5.80. The first kappa shape index (κ1) is 20.9. The fraction of sp³-hybridized carbons (Fsp3) is 0.900. The average Bonchev–Trinajstić information content (AvgIpc) is 3.37. The van der Waals surface area contributed by atoms with Gasteiger partial charge in [0.15, 0.2) is 0 Å². The maximum atomic E-state index is 12.8. The van der Waals surface area contributed by atoms with Crippen LogP contribution in [-0.4, -0.2) is 61.6 Å². The van der Waals surface area contributed by atoms with E-state index in [-0.39, 0.29) is 29.7 Å². The molecular formula is C20H33BN2O6. The lowest BCUT2D eigenvalue weighted by Crippen LogP contribution is -2.65. The van der Waals surface area contributed by atoms with Crippen molar-refractivity contribution in [3.05, 3.63) is 0 Å². The van der Waals surface area contributed by atoms with E-state index >= 15 is 0 Å². The summed E-state index contributed by atoms with van der Waals surface area (Å²) in [6.45, 7) is 6.77. The number of hydrogen-bond donors (Lipinski definition) is 3. The van der Waals surface area contributed by atoms with Gasteiger partial charge in [-0.2, -0.15) is 0 Å². The SMILES string of the molecule is COCC(NC(=O)O)C(=O)NC(CC1CC1)B1O[C@@H]2C[C@@H]3C[C@@H](C3(C)C)[C@]2(C)O1. The van der Waals surface area contributed by atoms with E-state index in [1.807, 2.05) is 0 Å². The third-order valence-electron chi connectivity index (χ3n) is 7.86. The first-order valence-corrected chi connectivity index (χ1v) is 10.8. The Morgan fingerprint density at radius 3 is 2.55 bits per heavy atom. The minimum Gasteiger partial charge on any atom is -0.465 e. The van der Waals surface area contributed by atoms with Gasteiger partial charge in [0, 0.05) is 7.11 Å². The number of rotatable bonds is 8. The topological polar surface area (TPSA) is 106 Å². The van der Waals surface area contributed by atoms with Crippen LogP contribution in [0.4, 0.5) is 4.79 Å². The summed E-state index contributed by atoms with van der Waals surface area (Å²) in [5.74, 6) is 0.969. The summed E-state index contributed by atoms with van der Waals surface area (Å²) in [6.07, 6.45) is 4.04. The number of carboxylic acid groups (broad SMARTS) is 1. The van der Waals surface area contributed by atoms with E-state index in [0.717, 1.165) is 25.7 Å². The molecule has 0 aromatic heterocycles. The zero-order valence-corrected chi connectivity index (χ0v) is 17.8. The Hall–Kier alpha value is -1.32. The highest BCUT2D eigenvalue weighted by atomic mass is 16.7. The minimum absolute atomic E-state index is 0.0288. The van der Waals surface area contributed by atoms with Gasteiger partial charge in [0.25, 0.3) is 0 Å². The van der Waals surface area contributed by atoms with Crippen LogP contribution in [0.1, 0.15) is 52.9 Å². The zero-order chi connectivity index (χ0) is 21.0. The van der Waals surface area contributed by atoms with Gasteiger partial charge in [-0.1, -0.05) is 26.7 Å². The molecule has 29 heavy (non-hydrogen) atoms. The Balaban J connectivity index is 1.46. The van der Waals surface area contributed by atoms with Gasteiger partial charge in [-0.05, 0) is 49.4 Å². The molecule has 0 spiro atoms. The first-order valence-electron chi connectivity index (χ1n) is 10.8. The van der Waals surface area contributed by atoms with Crippen molar-refractivity contribution >= 4 is 19.1 Å². The molecule has 0 aromatic rings. The average molecular weight is 408 g/mol. The molecule has 8 nitrogen and oxygen atoms in total. The summed E-state index contributed by atoms with van der Waals surface area (Å²) in [6, 6.07) is -0.967. The van der Waals surface area contributed by atoms with Crippen LogP contribution >= 0.6 is 0 Å². The van der Waals surface area contributed by atoms with Crippen LogP contribution in [0.2, 0.25) is 0 Å². The number of methoxy groups -OCH3 is 1. The van der Waals surface area contributed by atoms with E-state index in [1.165, 1.54) is 13.5 Å². The van der Waals surface area contributed by atoms with Crippen LogP contribution in [-0.2, 0) is 18.8 Å². The summed E-state index contributed by atoms with van der Waals surface area (Å²) in [4.78, 5) is 23.8. The van der Waals surface area contributed by atoms with E-state index in [9.17, 15) is 9.59 Å². The number of carbonyl (C=O) groups excluding carboxylic acids is 1. The molecule has 5 rings (SSSR count). The summed E-state index contributed by atoms with van der Waals surface area (Å²) in [7, 11) is 0.936. The second-order valence-corrected chi connectivity index (χ2v) is 10.1. The van der Waals surface area contributed by atoms with E-state index < -0.39 is 25.2 Å². The minimum atomic E-state index is -1.25. The van der Waals surface area contributed by atoms with Gasteiger partial charge in [0.05, 0.1) is 24.3 Å². The monoisotopic (exact) mass is 408 g/mol. The predicted molar refractivity (Wildman–Crippen MR) is 106 cm³/mol. The third-order valence-corrected chi connectivity index (χ3v) is 7.86. The van der Waals surface area contributed by atoms with Crippen molar-refractivity contribution in [3.63, 3.8) is 0 Å². The molecule has 1 aliphatic heterocycles. The van der Waals surface area contributed by atoms with Crippen molar-refractivity contribution in [2.75, 3.05) is 13.7 Å². The summed E-state index contributed by atoms with van der Waals surface area (Å²) in [5.41, 5.74) is -0.0750. The quantitative estimate of drug-likeness (QED) is 0.529. The predicted octanol–water partition coefficient (Wildman–Crippen LogP) is 1.82. The van der Waals surface area contributed by atoms with Crippen LogP contribution in [0.3, 0.4) is 0 Å². The van der Waals surface area contributed by atoms with E-state index in [1.54, 1.807) is 0 Å². The highest BCUT2D eigenvalue weighted by Crippen LogP contribution is 2.65. The highest BCUT2D eigenvalue weighted by Gasteiger charge is 2.68. The van der Waals surface area contributed by atoms with Gasteiger partial charge < -0.3 is 29.8 Å². The molecule has 3 N–H and O–H groups in total. The van der Waals surface area contributed by atoms with Gasteiger partial charge in [-0.3, -0.25) is 4.79 Å². The molecule has 2 bridgehead atoms. The second kappa shape index (κ2) is 7.43. The smallest absolute Gasteiger partial charge is 0.465 e. The Kier molecular flexibility index (Phi) is 5.36. The lowest BCUT2D eigenvalue weighted by atomic mass is 9.43. The molecule has 162 valence electrons. The van der Waals surface area contributed by atoms with Crippen molar-refractivity contribution in [2.24, 2.45) is 23.2 Å². The summed E-state index contributed by atoms with van der Waals surface area (Å²) in [5, 5.41) is 14.2. The van der Waals surface area contributed by atoms with Crippen molar-refractivity contribution < 1.29 is 28.7 Å². The van der Waals surface area contributed by atoms with Crippen LogP contribution in [0.5, 0.6) is 0 Å². The van der Waals surface area contributed by atoms with Crippen LogP contribution in [0.15, 0.2) is 0 Å². The summed E-state index contributed by atoms with van der Waals surface area (Å²) >= 11 is 0. The normalized spacial score (nSPS) is 36.6. The molecule has 2 amide bonds. The molecule has 1 heterocycles. The largest absolute Gasteiger partial charge is 0.481 e. The van der Waals surface area contributed by atoms with Gasteiger partial charge in [-0.15, -0.1) is 0 Å². The molecule has 5 fully saturated rings. The molecule has 1 saturated heterocycles. The Morgan fingerprint density at radius 1 is 1.24 bits per heavy atom. The molecule has 0 radical (unpaired) electrons. The van der Waals surface area contributed by atoms with Crippen LogP contribution in [0, 0.1) is 23.2 Å². The van der Waals surface area contributed by atoms with Crippen LogP contribution < -0.4 is 10.6 Å². The van der Waals surface area contributed by atoms with Crippen molar-refractivity contribution in [1.29, 1.82) is 0 Å². The molecule has 4 saturated carbocycles. The second-order valence-electron chi connectivity index (χ2n) is 10.1. The molecular weight excluding hydrogens is 375 g/mol. The highest BCUT2D eigenvalue weighted by molar-refractivity contribution is 6.48. The number of carbonyl (C=O) groups is 2. The molecule has 6 atom stereocenters. The number of ether oxygens (including phenoxy) is 1. The zero-order valence-electron chi connectivity index (χ0n) is 17.8. The Bertz CT molecular complexity index is 671. The Labute approximate surface area is 172 Å². The number of amides is 2. The standard InChI is InChI=1S/C20H33BN2O6/c1-19(2)12-8-14(19)20(3)15(9-12)28-21(29-20)16(7-11-5-6-11)23-17(24)13(10-27-4)22-18(25)26/h11-16,22H,5-10H2,1-4H3,(H,23,24)(H,25,26)/t12-,13?,14-,15+,16?,20-/m0/s1. The van der Waals surface area contributed by atoms with Crippen molar-refractivity contribution in [2.45, 2.75) is 76.6 Å². The van der Waals surface area contributed by atoms with Gasteiger partial charge in [0.1, 0.15) is 6.04 Å². The van der Waals surface area contributed by atoms with Gasteiger partial charge >= 0.3 is 13.2 Å². The summed E-state index contributed by atoms with van der Waals surface area (Å²) < 4.78 is 17.9. The molecule has 4 aliphatic carbocycles. The number of hydrogen-bond acceptors (Lipinski definition) is 5. The van der Waals surface area contributed by atoms with Gasteiger partial charge in [-0.25, -0.2) is 4.79 Å². The van der Waals surface area contributed by atoms with E-state index in [2.05, 4.69) is 31.4 Å². The molecule has 0 aromatic carbocycles. The van der Waals surface area contributed by atoms with Crippen LogP contribution in [0.25, 0.3) is 0 Å². The van der Waals surface area contributed by atoms with E-state index in [0.29, 0.717) is 17.8 Å². The number of nitrogens with one attached hydrogen (secondary N) is 2. The molecule has 5 aliphatic rings. The van der Waals surface area contributed by atoms with Crippen molar-refractivity contribution in [3.8, 4) is 0 Å². The maximum Gasteiger partial charge on any atom is 0.481 e. The first-order chi connectivity index (χ1) is 13.6. The fourth-order valence-corrected chi connectivity index (χ4v) is 5.80. The van der Waals surface area contributed by atoms with Gasteiger partial charge in [0.2, 0.25) is 5.91 Å². The Morgan fingerprint density at radius 2 is 1.97 bits per heavy atom. The lowest BCUT2D eigenvalue weighted by molar-refractivity contribution is -0.199.